The molecular weight excluding hydrogens is 262 g/mol. The number of rotatable bonds is 8. The van der Waals surface area contributed by atoms with E-state index >= 15 is 0 Å². The molecule has 0 aliphatic carbocycles. The number of nitrogens with zero attached hydrogens (tertiary/aromatic N) is 3. The number of cyclic esters (lactones) is 1. The van der Waals surface area contributed by atoms with Gasteiger partial charge in [0, 0.05) is 31.7 Å². The SMILES string of the molecule is CC1(C)OC(=O)C=C(CC(=O)CCCCCN=[N+]=[N-])O1. The van der Waals surface area contributed by atoms with Crippen LogP contribution < -0.4 is 0 Å². The largest absolute Gasteiger partial charge is 0.456 e. The Morgan fingerprint density at radius 1 is 1.35 bits per heavy atom. The van der Waals surface area contributed by atoms with E-state index in [0.717, 1.165) is 19.3 Å². The molecular formula is C13H19N3O4. The smallest absolute Gasteiger partial charge is 0.337 e. The second-order valence-corrected chi connectivity index (χ2v) is 5.01. The van der Waals surface area contributed by atoms with E-state index in [-0.39, 0.29) is 12.2 Å². The summed E-state index contributed by atoms with van der Waals surface area (Å²) in [6.45, 7) is 3.70. The first-order valence-corrected chi connectivity index (χ1v) is 6.58. The van der Waals surface area contributed by atoms with Gasteiger partial charge in [0.2, 0.25) is 5.79 Å². The number of hydrogen-bond donors (Lipinski definition) is 0. The quantitative estimate of drug-likeness (QED) is 0.224. The normalized spacial score (nSPS) is 16.5. The number of ether oxygens (including phenoxy) is 2. The van der Waals surface area contributed by atoms with Crippen LogP contribution in [0, 0.1) is 0 Å². The summed E-state index contributed by atoms with van der Waals surface area (Å²) in [6, 6.07) is 0. The molecule has 0 amide bonds. The van der Waals surface area contributed by atoms with Gasteiger partial charge in [-0.15, -0.1) is 0 Å². The predicted molar refractivity (Wildman–Crippen MR) is 71.4 cm³/mol. The number of allylic oxidation sites excluding steroid dienone is 1. The van der Waals surface area contributed by atoms with Crippen molar-refractivity contribution in [2.45, 2.75) is 51.7 Å². The van der Waals surface area contributed by atoms with E-state index in [2.05, 4.69) is 10.0 Å². The van der Waals surface area contributed by atoms with E-state index in [1.54, 1.807) is 13.8 Å². The van der Waals surface area contributed by atoms with Gasteiger partial charge in [-0.3, -0.25) is 4.79 Å². The van der Waals surface area contributed by atoms with Gasteiger partial charge in [-0.1, -0.05) is 11.5 Å². The maximum absolute atomic E-state index is 11.8. The van der Waals surface area contributed by atoms with Crippen LogP contribution in [0.5, 0.6) is 0 Å². The molecule has 110 valence electrons. The molecule has 1 heterocycles. The summed E-state index contributed by atoms with van der Waals surface area (Å²) < 4.78 is 10.3. The minimum absolute atomic E-state index is 0.0190. The average molecular weight is 281 g/mol. The van der Waals surface area contributed by atoms with Crippen molar-refractivity contribution in [3.63, 3.8) is 0 Å². The summed E-state index contributed by atoms with van der Waals surface area (Å²) in [7, 11) is 0. The Kier molecular flexibility index (Phi) is 6.06. The number of ketones is 1. The molecule has 1 rings (SSSR count). The Balaban J connectivity index is 2.28. The number of carbonyl (C=O) groups is 2. The molecule has 0 N–H and O–H groups in total. The summed E-state index contributed by atoms with van der Waals surface area (Å²) >= 11 is 0. The molecule has 0 aromatic rings. The minimum Gasteiger partial charge on any atom is -0.456 e. The highest BCUT2D eigenvalue weighted by Crippen LogP contribution is 2.24. The summed E-state index contributed by atoms with van der Waals surface area (Å²) in [4.78, 5) is 25.7. The summed E-state index contributed by atoms with van der Waals surface area (Å²) in [5, 5.41) is 3.42. The second kappa shape index (κ2) is 7.55. The Morgan fingerprint density at radius 3 is 2.75 bits per heavy atom. The van der Waals surface area contributed by atoms with E-state index in [9.17, 15) is 9.59 Å². The first kappa shape index (κ1) is 16.0. The van der Waals surface area contributed by atoms with Crippen LogP contribution in [0.15, 0.2) is 16.9 Å². The lowest BCUT2D eigenvalue weighted by Gasteiger charge is -2.30. The fourth-order valence-corrected chi connectivity index (χ4v) is 1.87. The molecule has 7 nitrogen and oxygen atoms in total. The summed E-state index contributed by atoms with van der Waals surface area (Å²) in [6.07, 6.45) is 4.08. The van der Waals surface area contributed by atoms with Crippen molar-refractivity contribution in [3.8, 4) is 0 Å². The minimum atomic E-state index is -1.02. The molecule has 7 heteroatoms. The van der Waals surface area contributed by atoms with E-state index in [1.807, 2.05) is 0 Å². The zero-order chi connectivity index (χ0) is 15.0. The Morgan fingerprint density at radius 2 is 2.10 bits per heavy atom. The third kappa shape index (κ3) is 6.24. The monoisotopic (exact) mass is 281 g/mol. The molecule has 0 spiro atoms. The van der Waals surface area contributed by atoms with Gasteiger partial charge in [0.15, 0.2) is 0 Å². The highest BCUT2D eigenvalue weighted by molar-refractivity contribution is 5.86. The number of Topliss-reactive ketones (excluding diaryl/α,β-unsaturated/α-hetero) is 1. The molecule has 20 heavy (non-hydrogen) atoms. The number of esters is 1. The van der Waals surface area contributed by atoms with Crippen LogP contribution in [0.3, 0.4) is 0 Å². The lowest BCUT2D eigenvalue weighted by Crippen LogP contribution is -2.34. The molecule has 0 bridgehead atoms. The molecule has 0 aromatic heterocycles. The van der Waals surface area contributed by atoms with Gasteiger partial charge in [-0.2, -0.15) is 0 Å². The third-order valence-electron chi connectivity index (χ3n) is 2.65. The van der Waals surface area contributed by atoms with Crippen molar-refractivity contribution in [1.82, 2.24) is 0 Å². The fourth-order valence-electron chi connectivity index (χ4n) is 1.87. The van der Waals surface area contributed by atoms with Crippen molar-refractivity contribution in [3.05, 3.63) is 22.3 Å². The van der Waals surface area contributed by atoms with Crippen LogP contribution in [-0.4, -0.2) is 24.1 Å². The fraction of sp³-hybridized carbons (Fsp3) is 0.692. The lowest BCUT2D eigenvalue weighted by molar-refractivity contribution is -0.205. The van der Waals surface area contributed by atoms with Crippen LogP contribution in [0.4, 0.5) is 0 Å². The van der Waals surface area contributed by atoms with E-state index < -0.39 is 11.8 Å². The molecule has 0 aromatic carbocycles. The summed E-state index contributed by atoms with van der Waals surface area (Å²) in [5.74, 6) is -1.13. The van der Waals surface area contributed by atoms with Gasteiger partial charge < -0.3 is 9.47 Å². The maximum Gasteiger partial charge on any atom is 0.337 e. The first-order valence-electron chi connectivity index (χ1n) is 6.58. The van der Waals surface area contributed by atoms with Crippen LogP contribution in [0.2, 0.25) is 0 Å². The lowest BCUT2D eigenvalue weighted by atomic mass is 10.1. The van der Waals surface area contributed by atoms with Crippen LogP contribution in [0.25, 0.3) is 10.4 Å². The third-order valence-corrected chi connectivity index (χ3v) is 2.65. The van der Waals surface area contributed by atoms with Gasteiger partial charge in [0.1, 0.15) is 11.5 Å². The zero-order valence-corrected chi connectivity index (χ0v) is 11.8. The molecule has 0 unspecified atom stereocenters. The van der Waals surface area contributed by atoms with Crippen molar-refractivity contribution >= 4 is 11.8 Å². The van der Waals surface area contributed by atoms with Crippen molar-refractivity contribution < 1.29 is 19.1 Å². The number of hydrogen-bond acceptors (Lipinski definition) is 5. The Labute approximate surface area is 117 Å². The van der Waals surface area contributed by atoms with E-state index in [0.29, 0.717) is 18.7 Å². The van der Waals surface area contributed by atoms with Crippen molar-refractivity contribution in [2.24, 2.45) is 5.11 Å². The highest BCUT2D eigenvalue weighted by Gasteiger charge is 2.30. The van der Waals surface area contributed by atoms with Crippen LogP contribution in [-0.2, 0) is 19.1 Å². The van der Waals surface area contributed by atoms with Crippen LogP contribution in [0.1, 0.15) is 46.0 Å². The van der Waals surface area contributed by atoms with Crippen molar-refractivity contribution in [1.29, 1.82) is 0 Å². The standard InChI is InChI=1S/C13H19N3O4/c1-13(2)19-11(9-12(18)20-13)8-10(17)6-4-3-5-7-15-16-14/h9H,3-8H2,1-2H3. The molecule has 0 saturated carbocycles. The maximum atomic E-state index is 11.8. The van der Waals surface area contributed by atoms with E-state index in [4.69, 9.17) is 15.0 Å². The average Bonchev–Trinajstić information content (AvgIpc) is 2.30. The van der Waals surface area contributed by atoms with Crippen LogP contribution >= 0.6 is 0 Å². The molecule has 0 saturated heterocycles. The molecule has 0 atom stereocenters. The van der Waals surface area contributed by atoms with Gasteiger partial charge in [-0.05, 0) is 18.4 Å². The molecule has 1 aliphatic rings. The highest BCUT2D eigenvalue weighted by atomic mass is 16.7. The molecule has 0 radical (unpaired) electrons. The Hall–Kier alpha value is -2.01. The molecule has 1 aliphatic heterocycles. The van der Waals surface area contributed by atoms with Gasteiger partial charge in [0.25, 0.3) is 0 Å². The first-order chi connectivity index (χ1) is 9.43. The van der Waals surface area contributed by atoms with Gasteiger partial charge in [0.05, 0.1) is 12.5 Å². The van der Waals surface area contributed by atoms with Gasteiger partial charge >= 0.3 is 5.97 Å². The summed E-state index contributed by atoms with van der Waals surface area (Å²) in [5.41, 5.74) is 8.10. The molecule has 0 fully saturated rings. The van der Waals surface area contributed by atoms with Crippen molar-refractivity contribution in [2.75, 3.05) is 6.54 Å². The predicted octanol–water partition coefficient (Wildman–Crippen LogP) is 3.01. The van der Waals surface area contributed by atoms with E-state index in [1.165, 1.54) is 6.08 Å². The number of unbranched alkanes of at least 4 members (excludes halogenated alkanes) is 2. The zero-order valence-electron chi connectivity index (χ0n) is 11.8. The second-order valence-electron chi connectivity index (χ2n) is 5.01. The number of azide groups is 1. The Bertz CT molecular complexity index is 451. The topological polar surface area (TPSA) is 101 Å². The number of carbonyl (C=O) groups excluding carboxylic acids is 2. The van der Waals surface area contributed by atoms with Gasteiger partial charge in [-0.25, -0.2) is 4.79 Å².